The van der Waals surface area contributed by atoms with E-state index in [1.54, 1.807) is 14.0 Å². The number of rotatable bonds is 4. The minimum atomic E-state index is -0.807. The van der Waals surface area contributed by atoms with Gasteiger partial charge in [0.05, 0.1) is 13.2 Å². The van der Waals surface area contributed by atoms with Gasteiger partial charge in [-0.05, 0) is 19.8 Å². The zero-order valence-electron chi connectivity index (χ0n) is 14.7. The van der Waals surface area contributed by atoms with Crippen LogP contribution < -0.4 is 10.1 Å². The Morgan fingerprint density at radius 3 is 2.76 bits per heavy atom. The molecule has 1 amide bonds. The molecule has 0 spiro atoms. The number of hydrogen-bond acceptors (Lipinski definition) is 7. The number of pyridine rings is 1. The molecule has 25 heavy (non-hydrogen) atoms. The zero-order valence-corrected chi connectivity index (χ0v) is 14.7. The second-order valence-corrected chi connectivity index (χ2v) is 5.94. The van der Waals surface area contributed by atoms with Crippen LogP contribution in [-0.2, 0) is 14.3 Å². The molecule has 1 aromatic rings. The summed E-state index contributed by atoms with van der Waals surface area (Å²) in [6.07, 6.45) is 3.60. The number of carbonyl (C=O) groups is 2. The number of aromatic nitrogens is 1. The molecule has 0 aromatic carbocycles. The maximum Gasteiger partial charge on any atom is 0.329 e. The van der Waals surface area contributed by atoms with Gasteiger partial charge in [0, 0.05) is 19.4 Å². The van der Waals surface area contributed by atoms with E-state index in [-0.39, 0.29) is 23.3 Å². The molecule has 1 saturated heterocycles. The third-order valence-electron chi connectivity index (χ3n) is 4.27. The topological polar surface area (TPSA) is 107 Å². The second-order valence-electron chi connectivity index (χ2n) is 5.94. The minimum Gasteiger partial charge on any atom is -0.503 e. The number of nitrogens with one attached hydrogen (secondary N) is 1. The molecule has 2 unspecified atom stereocenters. The van der Waals surface area contributed by atoms with Gasteiger partial charge in [0.1, 0.15) is 12.1 Å². The Bertz CT molecular complexity index is 621. The number of nitrogens with zero attached hydrogens (tertiary/aromatic N) is 1. The molecule has 0 bridgehead atoms. The van der Waals surface area contributed by atoms with Gasteiger partial charge in [0.15, 0.2) is 17.2 Å². The SMILES string of the molecule is COc1ccnc(C(=O)N[C@H]2CCCCC(OC)C(C)OC2=O)c1O. The van der Waals surface area contributed by atoms with Crippen LogP contribution in [-0.4, -0.2) is 54.4 Å². The smallest absolute Gasteiger partial charge is 0.329 e. The highest BCUT2D eigenvalue weighted by molar-refractivity contribution is 5.97. The van der Waals surface area contributed by atoms with Gasteiger partial charge >= 0.3 is 5.97 Å². The Labute approximate surface area is 146 Å². The van der Waals surface area contributed by atoms with E-state index >= 15 is 0 Å². The van der Waals surface area contributed by atoms with Crippen molar-refractivity contribution in [3.63, 3.8) is 0 Å². The standard InChI is InChI=1S/C17H24N2O6/c1-10-12(23-2)7-5-4-6-11(17(22)25-10)19-16(21)14-15(20)13(24-3)8-9-18-14/h8-12,20H,4-7H2,1-3H3,(H,19,21)/t10?,11-,12?/m0/s1. The highest BCUT2D eigenvalue weighted by Gasteiger charge is 2.30. The molecule has 0 aliphatic carbocycles. The molecule has 3 atom stereocenters. The number of ether oxygens (including phenoxy) is 3. The maximum absolute atomic E-state index is 12.4. The summed E-state index contributed by atoms with van der Waals surface area (Å²) in [4.78, 5) is 28.6. The molecule has 2 rings (SSSR count). The quantitative estimate of drug-likeness (QED) is 0.789. The first-order valence-corrected chi connectivity index (χ1v) is 8.24. The van der Waals surface area contributed by atoms with Crippen molar-refractivity contribution in [2.45, 2.75) is 50.9 Å². The second kappa shape index (κ2) is 8.66. The van der Waals surface area contributed by atoms with Crippen molar-refractivity contribution >= 4 is 11.9 Å². The molecule has 1 aromatic heterocycles. The lowest BCUT2D eigenvalue weighted by molar-refractivity contribution is -0.156. The molecule has 8 nitrogen and oxygen atoms in total. The first-order valence-electron chi connectivity index (χ1n) is 8.24. The van der Waals surface area contributed by atoms with Crippen molar-refractivity contribution in [1.29, 1.82) is 0 Å². The van der Waals surface area contributed by atoms with Crippen LogP contribution in [0.25, 0.3) is 0 Å². The molecule has 138 valence electrons. The summed E-state index contributed by atoms with van der Waals surface area (Å²) in [5.74, 6) is -1.42. The Morgan fingerprint density at radius 2 is 2.08 bits per heavy atom. The highest BCUT2D eigenvalue weighted by Crippen LogP contribution is 2.27. The van der Waals surface area contributed by atoms with Crippen molar-refractivity contribution < 1.29 is 28.9 Å². The fourth-order valence-electron chi connectivity index (χ4n) is 2.82. The fourth-order valence-corrected chi connectivity index (χ4v) is 2.82. The van der Waals surface area contributed by atoms with Gasteiger partial charge in [0.2, 0.25) is 0 Å². The van der Waals surface area contributed by atoms with Gasteiger partial charge in [-0.2, -0.15) is 0 Å². The molecule has 0 radical (unpaired) electrons. The zero-order chi connectivity index (χ0) is 18.4. The first-order chi connectivity index (χ1) is 12.0. The van der Waals surface area contributed by atoms with Gasteiger partial charge in [0.25, 0.3) is 5.91 Å². The number of carbonyl (C=O) groups excluding carboxylic acids is 2. The lowest BCUT2D eigenvalue weighted by Gasteiger charge is -2.23. The number of esters is 1. The van der Waals surface area contributed by atoms with Crippen molar-refractivity contribution in [2.24, 2.45) is 0 Å². The monoisotopic (exact) mass is 352 g/mol. The van der Waals surface area contributed by atoms with Gasteiger partial charge in [-0.3, -0.25) is 4.79 Å². The number of cyclic esters (lactones) is 1. The molecule has 2 N–H and O–H groups in total. The van der Waals surface area contributed by atoms with E-state index in [4.69, 9.17) is 14.2 Å². The van der Waals surface area contributed by atoms with Crippen LogP contribution in [0, 0.1) is 0 Å². The molecular formula is C17H24N2O6. The van der Waals surface area contributed by atoms with Gasteiger partial charge in [-0.25, -0.2) is 9.78 Å². The number of hydrogen-bond donors (Lipinski definition) is 2. The third-order valence-corrected chi connectivity index (χ3v) is 4.27. The third kappa shape index (κ3) is 4.60. The maximum atomic E-state index is 12.4. The van der Waals surface area contributed by atoms with Crippen LogP contribution >= 0.6 is 0 Å². The summed E-state index contributed by atoms with van der Waals surface area (Å²) < 4.78 is 15.7. The van der Waals surface area contributed by atoms with Crippen molar-refractivity contribution in [2.75, 3.05) is 14.2 Å². The van der Waals surface area contributed by atoms with E-state index < -0.39 is 24.0 Å². The molecule has 1 fully saturated rings. The summed E-state index contributed by atoms with van der Waals surface area (Å²) in [5, 5.41) is 12.6. The largest absolute Gasteiger partial charge is 0.503 e. The lowest BCUT2D eigenvalue weighted by atomic mass is 10.1. The summed E-state index contributed by atoms with van der Waals surface area (Å²) in [6.45, 7) is 1.77. The first kappa shape index (κ1) is 19.0. The van der Waals surface area contributed by atoms with E-state index in [0.29, 0.717) is 6.42 Å². The molecule has 0 saturated carbocycles. The van der Waals surface area contributed by atoms with Crippen LogP contribution in [0.2, 0.25) is 0 Å². The van der Waals surface area contributed by atoms with E-state index in [2.05, 4.69) is 10.3 Å². The number of amides is 1. The molecule has 8 heteroatoms. The van der Waals surface area contributed by atoms with Crippen LogP contribution in [0.5, 0.6) is 11.5 Å². The van der Waals surface area contributed by atoms with Crippen molar-refractivity contribution in [3.8, 4) is 11.5 Å². The minimum absolute atomic E-state index is 0.133. The Balaban J connectivity index is 2.12. The van der Waals surface area contributed by atoms with Gasteiger partial charge in [-0.15, -0.1) is 0 Å². The van der Waals surface area contributed by atoms with Crippen molar-refractivity contribution in [3.05, 3.63) is 18.0 Å². The summed E-state index contributed by atoms with van der Waals surface area (Å²) in [7, 11) is 2.96. The van der Waals surface area contributed by atoms with E-state index in [1.807, 2.05) is 0 Å². The van der Waals surface area contributed by atoms with E-state index in [1.165, 1.54) is 19.4 Å². The Morgan fingerprint density at radius 1 is 1.36 bits per heavy atom. The van der Waals surface area contributed by atoms with Gasteiger partial charge < -0.3 is 24.6 Å². The molecule has 1 aliphatic rings. The molecule has 2 heterocycles. The predicted octanol–water partition coefficient (Wildman–Crippen LogP) is 1.41. The number of methoxy groups -OCH3 is 2. The van der Waals surface area contributed by atoms with Gasteiger partial charge in [-0.1, -0.05) is 12.8 Å². The fraction of sp³-hybridized carbons (Fsp3) is 0.588. The average molecular weight is 352 g/mol. The normalized spacial score (nSPS) is 24.4. The Kier molecular flexibility index (Phi) is 6.58. The average Bonchev–Trinajstić information content (AvgIpc) is 2.65. The Hall–Kier alpha value is -2.35. The summed E-state index contributed by atoms with van der Waals surface area (Å²) in [5.41, 5.74) is -0.199. The van der Waals surface area contributed by atoms with Crippen molar-refractivity contribution in [1.82, 2.24) is 10.3 Å². The van der Waals surface area contributed by atoms with Crippen LogP contribution in [0.4, 0.5) is 0 Å². The van der Waals surface area contributed by atoms with Crippen LogP contribution in [0.15, 0.2) is 12.3 Å². The van der Waals surface area contributed by atoms with E-state index in [9.17, 15) is 14.7 Å². The summed E-state index contributed by atoms with van der Waals surface area (Å²) >= 11 is 0. The molecular weight excluding hydrogens is 328 g/mol. The van der Waals surface area contributed by atoms with Crippen LogP contribution in [0.1, 0.15) is 43.1 Å². The van der Waals surface area contributed by atoms with E-state index in [0.717, 1.165) is 19.3 Å². The lowest BCUT2D eigenvalue weighted by Crippen LogP contribution is -2.43. The predicted molar refractivity (Wildman–Crippen MR) is 88.5 cm³/mol. The highest BCUT2D eigenvalue weighted by atomic mass is 16.6. The van der Waals surface area contributed by atoms with Crippen LogP contribution in [0.3, 0.4) is 0 Å². The molecule has 1 aliphatic heterocycles. The number of aromatic hydroxyl groups is 1. The summed E-state index contributed by atoms with van der Waals surface area (Å²) in [6, 6.07) is 0.630.